The average molecular weight is 307 g/mol. The van der Waals surface area contributed by atoms with Gasteiger partial charge < -0.3 is 9.67 Å². The molecule has 2 aromatic carbocycles. The van der Waals surface area contributed by atoms with Gasteiger partial charge in [-0.3, -0.25) is 4.79 Å². The molecular formula is C18H17N3O2. The second-order valence-corrected chi connectivity index (χ2v) is 5.28. The molecule has 1 aromatic heterocycles. The van der Waals surface area contributed by atoms with Gasteiger partial charge in [0.05, 0.1) is 5.71 Å². The highest BCUT2D eigenvalue weighted by Gasteiger charge is 2.05. The van der Waals surface area contributed by atoms with Gasteiger partial charge in [-0.1, -0.05) is 18.2 Å². The first-order valence-electron chi connectivity index (χ1n) is 7.30. The standard InChI is InChI=1S/C18H17N3O2/c1-13(14-6-8-16(22)9-7-14)19-20-18(23)12-21-11-10-15-4-2-3-5-17(15)21/h2-11,22H,12H2,1H3,(H,20,23)/b19-13+. The van der Waals surface area contributed by atoms with Crippen LogP contribution in [0.3, 0.4) is 0 Å². The Balaban J connectivity index is 1.67. The third-order valence-electron chi connectivity index (χ3n) is 3.63. The lowest BCUT2D eigenvalue weighted by molar-refractivity contribution is -0.121. The zero-order valence-electron chi connectivity index (χ0n) is 12.7. The molecule has 0 unspecified atom stereocenters. The van der Waals surface area contributed by atoms with E-state index in [1.54, 1.807) is 31.2 Å². The number of phenols is 1. The van der Waals surface area contributed by atoms with Crippen molar-refractivity contribution < 1.29 is 9.90 Å². The molecule has 5 heteroatoms. The predicted octanol–water partition coefficient (Wildman–Crippen LogP) is 2.89. The highest BCUT2D eigenvalue weighted by atomic mass is 16.3. The summed E-state index contributed by atoms with van der Waals surface area (Å²) in [5.41, 5.74) is 5.10. The summed E-state index contributed by atoms with van der Waals surface area (Å²) < 4.78 is 1.88. The van der Waals surface area contributed by atoms with Gasteiger partial charge in [0.1, 0.15) is 12.3 Å². The maximum Gasteiger partial charge on any atom is 0.259 e. The fourth-order valence-electron chi connectivity index (χ4n) is 2.38. The lowest BCUT2D eigenvalue weighted by atomic mass is 10.1. The van der Waals surface area contributed by atoms with E-state index in [-0.39, 0.29) is 18.2 Å². The number of nitrogens with one attached hydrogen (secondary N) is 1. The Hall–Kier alpha value is -3.08. The Morgan fingerprint density at radius 1 is 1.13 bits per heavy atom. The van der Waals surface area contributed by atoms with Gasteiger partial charge in [0.15, 0.2) is 0 Å². The largest absolute Gasteiger partial charge is 0.508 e. The number of hydrazone groups is 1. The SMILES string of the molecule is C/C(=N\NC(=O)Cn1ccc2ccccc21)c1ccc(O)cc1. The van der Waals surface area contributed by atoms with E-state index in [4.69, 9.17) is 0 Å². The summed E-state index contributed by atoms with van der Waals surface area (Å²) in [6.07, 6.45) is 1.89. The molecule has 0 atom stereocenters. The fourth-order valence-corrected chi connectivity index (χ4v) is 2.38. The van der Waals surface area contributed by atoms with Gasteiger partial charge in [-0.05, 0) is 54.3 Å². The molecule has 5 nitrogen and oxygen atoms in total. The molecule has 0 bridgehead atoms. The van der Waals surface area contributed by atoms with Crippen molar-refractivity contribution in [2.45, 2.75) is 13.5 Å². The minimum Gasteiger partial charge on any atom is -0.508 e. The van der Waals surface area contributed by atoms with Crippen LogP contribution in [-0.2, 0) is 11.3 Å². The maximum absolute atomic E-state index is 12.1. The van der Waals surface area contributed by atoms with Crippen molar-refractivity contribution in [2.24, 2.45) is 5.10 Å². The average Bonchev–Trinajstić information content (AvgIpc) is 2.96. The van der Waals surface area contributed by atoms with Gasteiger partial charge in [0, 0.05) is 11.7 Å². The Morgan fingerprint density at radius 2 is 1.87 bits per heavy atom. The molecule has 0 aliphatic heterocycles. The molecule has 0 fully saturated rings. The smallest absolute Gasteiger partial charge is 0.259 e. The molecule has 0 aliphatic rings. The molecule has 0 saturated heterocycles. The number of benzene rings is 2. The predicted molar refractivity (Wildman–Crippen MR) is 90.4 cm³/mol. The number of carbonyl (C=O) groups is 1. The first kappa shape index (κ1) is 14.8. The number of hydrogen-bond acceptors (Lipinski definition) is 3. The van der Waals surface area contributed by atoms with E-state index in [1.165, 1.54) is 0 Å². The lowest BCUT2D eigenvalue weighted by Crippen LogP contribution is -2.23. The number of hydrogen-bond donors (Lipinski definition) is 2. The van der Waals surface area contributed by atoms with E-state index in [0.717, 1.165) is 16.5 Å². The second-order valence-electron chi connectivity index (χ2n) is 5.28. The van der Waals surface area contributed by atoms with Crippen LogP contribution >= 0.6 is 0 Å². The Bertz CT molecular complexity index is 863. The summed E-state index contributed by atoms with van der Waals surface area (Å²) in [6.45, 7) is 2.01. The molecule has 116 valence electrons. The van der Waals surface area contributed by atoms with E-state index >= 15 is 0 Å². The number of phenolic OH excluding ortho intramolecular Hbond substituents is 1. The van der Waals surface area contributed by atoms with Crippen molar-refractivity contribution in [3.8, 4) is 5.75 Å². The highest BCUT2D eigenvalue weighted by molar-refractivity contribution is 5.99. The third kappa shape index (κ3) is 3.40. The van der Waals surface area contributed by atoms with Crippen molar-refractivity contribution in [3.63, 3.8) is 0 Å². The zero-order chi connectivity index (χ0) is 16.2. The van der Waals surface area contributed by atoms with Crippen LogP contribution in [0.15, 0.2) is 65.9 Å². The van der Waals surface area contributed by atoms with Crippen LogP contribution in [0.2, 0.25) is 0 Å². The van der Waals surface area contributed by atoms with Crippen LogP contribution in [0, 0.1) is 0 Å². The topological polar surface area (TPSA) is 66.6 Å². The van der Waals surface area contributed by atoms with Crippen molar-refractivity contribution in [1.82, 2.24) is 9.99 Å². The van der Waals surface area contributed by atoms with Crippen LogP contribution in [0.1, 0.15) is 12.5 Å². The number of aromatic nitrogens is 1. The van der Waals surface area contributed by atoms with E-state index in [9.17, 15) is 9.90 Å². The molecular weight excluding hydrogens is 290 g/mol. The van der Waals surface area contributed by atoms with Crippen molar-refractivity contribution in [3.05, 3.63) is 66.4 Å². The van der Waals surface area contributed by atoms with Crippen molar-refractivity contribution in [1.29, 1.82) is 0 Å². The van der Waals surface area contributed by atoms with Gasteiger partial charge in [-0.25, -0.2) is 5.43 Å². The Morgan fingerprint density at radius 3 is 2.65 bits per heavy atom. The normalized spacial score (nSPS) is 11.6. The minimum atomic E-state index is -0.190. The highest BCUT2D eigenvalue weighted by Crippen LogP contribution is 2.14. The van der Waals surface area contributed by atoms with Crippen LogP contribution in [0.25, 0.3) is 10.9 Å². The number of fused-ring (bicyclic) bond motifs is 1. The van der Waals surface area contributed by atoms with Crippen LogP contribution in [0.4, 0.5) is 0 Å². The summed E-state index contributed by atoms with van der Waals surface area (Å²) in [6, 6.07) is 16.6. The maximum atomic E-state index is 12.1. The number of amides is 1. The molecule has 3 aromatic rings. The first-order valence-corrected chi connectivity index (χ1v) is 7.30. The van der Waals surface area contributed by atoms with E-state index in [1.807, 2.05) is 41.1 Å². The monoisotopic (exact) mass is 307 g/mol. The van der Waals surface area contributed by atoms with Crippen molar-refractivity contribution in [2.75, 3.05) is 0 Å². The molecule has 0 saturated carbocycles. The quantitative estimate of drug-likeness (QED) is 0.575. The number of aromatic hydroxyl groups is 1. The fraction of sp³-hybridized carbons (Fsp3) is 0.111. The molecule has 0 spiro atoms. The number of rotatable bonds is 4. The molecule has 2 N–H and O–H groups in total. The van der Waals surface area contributed by atoms with Gasteiger partial charge in [0.25, 0.3) is 5.91 Å². The minimum absolute atomic E-state index is 0.190. The van der Waals surface area contributed by atoms with Gasteiger partial charge in [-0.15, -0.1) is 0 Å². The summed E-state index contributed by atoms with van der Waals surface area (Å²) in [5.74, 6) is 0.00885. The van der Waals surface area contributed by atoms with Crippen LogP contribution in [0.5, 0.6) is 5.75 Å². The zero-order valence-corrected chi connectivity index (χ0v) is 12.7. The summed E-state index contributed by atoms with van der Waals surface area (Å²) in [7, 11) is 0. The van der Waals surface area contributed by atoms with E-state index in [2.05, 4.69) is 10.5 Å². The van der Waals surface area contributed by atoms with Crippen molar-refractivity contribution >= 4 is 22.5 Å². The van der Waals surface area contributed by atoms with Gasteiger partial charge in [-0.2, -0.15) is 5.10 Å². The molecule has 1 heterocycles. The number of nitrogens with zero attached hydrogens (tertiary/aromatic N) is 2. The Labute approximate surface area is 133 Å². The molecule has 3 rings (SSSR count). The molecule has 23 heavy (non-hydrogen) atoms. The molecule has 0 aliphatic carbocycles. The van der Waals surface area contributed by atoms with Gasteiger partial charge in [0.2, 0.25) is 0 Å². The number of carbonyl (C=O) groups excluding carboxylic acids is 1. The Kier molecular flexibility index (Phi) is 4.10. The summed E-state index contributed by atoms with van der Waals surface area (Å²) >= 11 is 0. The van der Waals surface area contributed by atoms with Crippen LogP contribution < -0.4 is 5.43 Å². The lowest BCUT2D eigenvalue weighted by Gasteiger charge is -2.05. The third-order valence-corrected chi connectivity index (χ3v) is 3.63. The van der Waals surface area contributed by atoms with E-state index in [0.29, 0.717) is 5.71 Å². The van der Waals surface area contributed by atoms with E-state index < -0.39 is 0 Å². The molecule has 1 amide bonds. The summed E-state index contributed by atoms with van der Waals surface area (Å²) in [4.78, 5) is 12.1. The van der Waals surface area contributed by atoms with Crippen LogP contribution in [-0.4, -0.2) is 21.3 Å². The van der Waals surface area contributed by atoms with Gasteiger partial charge >= 0.3 is 0 Å². The summed E-state index contributed by atoms with van der Waals surface area (Å²) in [5, 5.41) is 14.5. The molecule has 0 radical (unpaired) electrons. The second kappa shape index (κ2) is 6.36. The first-order chi connectivity index (χ1) is 11.1. The number of para-hydroxylation sites is 1.